The van der Waals surface area contributed by atoms with Gasteiger partial charge in [0.25, 0.3) is 5.91 Å². The molecule has 0 fully saturated rings. The van der Waals surface area contributed by atoms with Gasteiger partial charge in [0, 0.05) is 23.1 Å². The number of likely N-dealkylation sites (N-methyl/N-ethyl adjacent to an activating group) is 1. The van der Waals surface area contributed by atoms with Gasteiger partial charge in [-0.25, -0.2) is 21.4 Å². The number of benzene rings is 3. The fourth-order valence-corrected chi connectivity index (χ4v) is 10.4. The van der Waals surface area contributed by atoms with E-state index in [1.807, 2.05) is 35.0 Å². The Balaban J connectivity index is 1.46. The Morgan fingerprint density at radius 2 is 1.17 bits per heavy atom. The number of sulfone groups is 2. The summed E-state index contributed by atoms with van der Waals surface area (Å²) in [4.78, 5) is 49.6. The van der Waals surface area contributed by atoms with Crippen LogP contribution in [0.5, 0.6) is 0 Å². The van der Waals surface area contributed by atoms with Gasteiger partial charge in [0.05, 0.1) is 79.4 Å². The summed E-state index contributed by atoms with van der Waals surface area (Å²) in [5.74, 6) is -4.22. The van der Waals surface area contributed by atoms with Crippen molar-refractivity contribution in [3.05, 3.63) is 107 Å². The third kappa shape index (κ3) is 18.5. The van der Waals surface area contributed by atoms with E-state index in [1.165, 1.54) is 48.5 Å². The van der Waals surface area contributed by atoms with Crippen molar-refractivity contribution in [2.45, 2.75) is 57.8 Å². The molecule has 3 aromatic rings. The Morgan fingerprint density at radius 3 is 1.68 bits per heavy atom. The van der Waals surface area contributed by atoms with Gasteiger partial charge in [0.15, 0.2) is 25.5 Å². The van der Waals surface area contributed by atoms with Gasteiger partial charge in [-0.2, -0.15) is 0 Å². The average Bonchev–Trinajstić information content (AvgIpc) is 3.20. The molecule has 0 aromatic heterocycles. The molecule has 1 atom stereocenters. The number of hydrogen-bond donors (Lipinski definition) is 2. The predicted octanol–water partition coefficient (Wildman–Crippen LogP) is 6.15. The molecule has 0 saturated carbocycles. The highest BCUT2D eigenvalue weighted by atomic mass is 32.2. The number of carbonyl (C=O) groups is 3. The number of esters is 1. The number of phosphoric acid groups is 1. The Labute approximate surface area is 384 Å². The van der Waals surface area contributed by atoms with Gasteiger partial charge in [0.2, 0.25) is 0 Å². The summed E-state index contributed by atoms with van der Waals surface area (Å²) in [5, 5.41) is 2.70. The summed E-state index contributed by atoms with van der Waals surface area (Å²) in [6, 6.07) is 17.7. The molecule has 0 aliphatic heterocycles. The maximum Gasteiger partial charge on any atom is 0.472 e. The Hall–Kier alpha value is -4.26. The molecule has 1 amide bonds. The highest BCUT2D eigenvalue weighted by Gasteiger charge is 2.38. The SMILES string of the molecule is C=C(OCCOP(=O)(O)OCC[N+](C)(C)C)C(C)(C)CC(C)(C)C(=O)OCCOCCNC(=O)c1ccc(C(=O)C(CS(=O)(=O)c2ccc(C)cc2)CS(=O)(=O)c2ccc(C)cc2)cc1. The van der Waals surface area contributed by atoms with E-state index in [0.29, 0.717) is 23.2 Å². The van der Waals surface area contributed by atoms with Crippen molar-refractivity contribution >= 4 is 45.2 Å². The summed E-state index contributed by atoms with van der Waals surface area (Å²) in [6.45, 7) is 15.3. The van der Waals surface area contributed by atoms with Crippen LogP contribution in [0.2, 0.25) is 0 Å². The van der Waals surface area contributed by atoms with Crippen LogP contribution in [0.1, 0.15) is 66.0 Å². The van der Waals surface area contributed by atoms with Crippen molar-refractivity contribution in [2.24, 2.45) is 16.7 Å². The summed E-state index contributed by atoms with van der Waals surface area (Å²) >= 11 is 0. The molecular formula is C46H66N2O14PS2+. The van der Waals surface area contributed by atoms with Gasteiger partial charge in [-0.15, -0.1) is 0 Å². The van der Waals surface area contributed by atoms with E-state index >= 15 is 0 Å². The number of Topliss-reactive ketones (excluding diaryl/α,β-unsaturated/α-hetero) is 1. The molecule has 3 aromatic carbocycles. The second-order valence-electron chi connectivity index (χ2n) is 18.2. The number of nitrogens with one attached hydrogen (secondary N) is 1. The summed E-state index contributed by atoms with van der Waals surface area (Å²) in [7, 11) is -6.61. The van der Waals surface area contributed by atoms with E-state index in [4.69, 9.17) is 23.3 Å². The largest absolute Gasteiger partial charge is 0.496 e. The number of allylic oxidation sites excluding steroid dienone is 1. The number of nitrogens with zero attached hydrogens (tertiary/aromatic N) is 1. The number of ketones is 1. The zero-order valence-electron chi connectivity index (χ0n) is 39.0. The van der Waals surface area contributed by atoms with Crippen LogP contribution < -0.4 is 5.32 Å². The topological polar surface area (TPSA) is 215 Å². The lowest BCUT2D eigenvalue weighted by molar-refractivity contribution is -0.870. The van der Waals surface area contributed by atoms with Crippen LogP contribution >= 0.6 is 7.82 Å². The predicted molar refractivity (Wildman–Crippen MR) is 247 cm³/mol. The van der Waals surface area contributed by atoms with Crippen LogP contribution in [0.15, 0.2) is 94.9 Å². The fourth-order valence-electron chi connectivity index (χ4n) is 6.52. The van der Waals surface area contributed by atoms with Gasteiger partial charge in [-0.3, -0.25) is 23.4 Å². The Kier molecular flexibility index (Phi) is 19.9. The standard InChI is InChI=1S/C46H65N2O14PS2/c1-34-11-19-40(20-12-34)64(54,55)31-39(32-65(56,57)41-21-13-35(2)14-22-41)42(49)37-15-17-38(18-16-37)43(50)47-23-25-58-27-28-60-44(51)46(6,7)33-45(4,5)36(3)59-29-30-62-63(52,53)61-26-24-48(8,9)10/h11-22,39H,3,23-33H2,1-2,4-10H3,(H-,47,50,52,53)/p+1. The van der Waals surface area contributed by atoms with E-state index in [2.05, 4.69) is 11.9 Å². The van der Waals surface area contributed by atoms with E-state index in [0.717, 1.165) is 11.1 Å². The lowest BCUT2D eigenvalue weighted by Gasteiger charge is -2.34. The molecule has 1 unspecified atom stereocenters. The maximum atomic E-state index is 13.8. The number of ether oxygens (including phenoxy) is 3. The number of rotatable bonds is 28. The molecule has 0 aliphatic carbocycles. The molecule has 0 spiro atoms. The lowest BCUT2D eigenvalue weighted by Crippen LogP contribution is -2.37. The second kappa shape index (κ2) is 23.5. The van der Waals surface area contributed by atoms with Crippen molar-refractivity contribution in [3.63, 3.8) is 0 Å². The van der Waals surface area contributed by atoms with Crippen LogP contribution in [-0.4, -0.2) is 129 Å². The first-order valence-corrected chi connectivity index (χ1v) is 25.8. The quantitative estimate of drug-likeness (QED) is 0.0209. The first-order chi connectivity index (χ1) is 30.0. The van der Waals surface area contributed by atoms with Gasteiger partial charge in [-0.05, 0) is 70.5 Å². The molecule has 0 heterocycles. The summed E-state index contributed by atoms with van der Waals surface area (Å²) < 4.78 is 93.2. The normalized spacial score (nSPS) is 13.5. The number of hydrogen-bond acceptors (Lipinski definition) is 13. The highest BCUT2D eigenvalue weighted by Crippen LogP contribution is 2.43. The molecule has 2 N–H and O–H groups in total. The van der Waals surface area contributed by atoms with Crippen LogP contribution in [0.4, 0.5) is 0 Å². The molecule has 16 nitrogen and oxygen atoms in total. The summed E-state index contributed by atoms with van der Waals surface area (Å²) in [6.07, 6.45) is 0.305. The van der Waals surface area contributed by atoms with E-state index in [1.54, 1.807) is 52.0 Å². The van der Waals surface area contributed by atoms with Gasteiger partial charge < -0.3 is 28.9 Å². The van der Waals surface area contributed by atoms with Crippen LogP contribution in [0.25, 0.3) is 0 Å². The van der Waals surface area contributed by atoms with Crippen molar-refractivity contribution in [3.8, 4) is 0 Å². The highest BCUT2D eigenvalue weighted by molar-refractivity contribution is 7.92. The monoisotopic (exact) mass is 965 g/mol. The minimum Gasteiger partial charge on any atom is -0.496 e. The molecule has 65 heavy (non-hydrogen) atoms. The molecule has 0 aliphatic rings. The number of aryl methyl sites for hydroxylation is 2. The first kappa shape index (κ1) is 55.1. The Bertz CT molecular complexity index is 2280. The van der Waals surface area contributed by atoms with E-state index < -0.39 is 73.4 Å². The van der Waals surface area contributed by atoms with E-state index in [9.17, 15) is 40.7 Å². The maximum absolute atomic E-state index is 13.8. The van der Waals surface area contributed by atoms with Crippen molar-refractivity contribution < 1.29 is 68.4 Å². The molecule has 3 rings (SSSR count). The van der Waals surface area contributed by atoms with E-state index in [-0.39, 0.29) is 67.1 Å². The van der Waals surface area contributed by atoms with Crippen LogP contribution in [0, 0.1) is 30.6 Å². The van der Waals surface area contributed by atoms with Gasteiger partial charge in [-0.1, -0.05) is 68.0 Å². The average molecular weight is 966 g/mol. The smallest absolute Gasteiger partial charge is 0.472 e. The van der Waals surface area contributed by atoms with Crippen LogP contribution in [-0.2, 0) is 52.3 Å². The van der Waals surface area contributed by atoms with Crippen LogP contribution in [0.3, 0.4) is 0 Å². The molecule has 0 bridgehead atoms. The third-order valence-corrected chi connectivity index (χ3v) is 14.9. The number of phosphoric ester groups is 1. The van der Waals surface area contributed by atoms with Crippen molar-refractivity contribution in [2.75, 3.05) is 85.4 Å². The van der Waals surface area contributed by atoms with Crippen molar-refractivity contribution in [1.82, 2.24) is 5.32 Å². The second-order valence-corrected chi connectivity index (χ2v) is 23.7. The van der Waals surface area contributed by atoms with Gasteiger partial charge in [0.1, 0.15) is 26.4 Å². The number of quaternary nitrogens is 1. The number of amides is 1. The molecule has 0 radical (unpaired) electrons. The first-order valence-electron chi connectivity index (χ1n) is 21.0. The minimum absolute atomic E-state index is 0.0300. The van der Waals surface area contributed by atoms with Crippen molar-refractivity contribution in [1.29, 1.82) is 0 Å². The molecule has 19 heteroatoms. The Morgan fingerprint density at radius 1 is 0.692 bits per heavy atom. The molecular weight excluding hydrogens is 900 g/mol. The number of carbonyl (C=O) groups excluding carboxylic acids is 3. The molecule has 360 valence electrons. The summed E-state index contributed by atoms with van der Waals surface area (Å²) in [5.41, 5.74) is 0.282. The zero-order valence-corrected chi connectivity index (χ0v) is 41.5. The lowest BCUT2D eigenvalue weighted by atomic mass is 9.74. The van der Waals surface area contributed by atoms with Gasteiger partial charge >= 0.3 is 13.8 Å². The fraction of sp³-hybridized carbons (Fsp3) is 0.500. The molecule has 0 saturated heterocycles. The minimum atomic E-state index is -4.24. The third-order valence-electron chi connectivity index (χ3n) is 10.2. The zero-order chi connectivity index (χ0) is 48.9.